The van der Waals surface area contributed by atoms with E-state index in [1.54, 1.807) is 0 Å². The molecule has 0 spiro atoms. The number of hydrogen-bond donors (Lipinski definition) is 2. The first-order valence-electron chi connectivity index (χ1n) is 4.72. The average molecular weight is 194 g/mol. The van der Waals surface area contributed by atoms with Gasteiger partial charge in [0.05, 0.1) is 0 Å². The summed E-state index contributed by atoms with van der Waals surface area (Å²) >= 11 is 0. The molecule has 4 nitrogen and oxygen atoms in total. The van der Waals surface area contributed by atoms with E-state index in [0.717, 1.165) is 11.5 Å². The Labute approximate surface area is 85.2 Å². The lowest BCUT2D eigenvalue weighted by atomic mass is 10.1. The van der Waals surface area contributed by atoms with Crippen molar-refractivity contribution in [3.8, 4) is 0 Å². The van der Waals surface area contributed by atoms with Crippen molar-refractivity contribution in [3.63, 3.8) is 0 Å². The number of aromatic nitrogens is 2. The van der Waals surface area contributed by atoms with Gasteiger partial charge in [-0.25, -0.2) is 4.98 Å². The third-order valence-electron chi connectivity index (χ3n) is 1.58. The monoisotopic (exact) mass is 194 g/mol. The van der Waals surface area contributed by atoms with Crippen molar-refractivity contribution in [1.29, 1.82) is 0 Å². The van der Waals surface area contributed by atoms with E-state index in [1.807, 2.05) is 20.0 Å². The van der Waals surface area contributed by atoms with E-state index in [1.165, 1.54) is 0 Å². The molecule has 0 bridgehead atoms. The minimum atomic E-state index is 0.0196. The molecule has 2 N–H and O–H groups in total. The fraction of sp³-hybridized carbons (Fsp3) is 0.600. The van der Waals surface area contributed by atoms with Gasteiger partial charge in [0.1, 0.15) is 5.82 Å². The van der Waals surface area contributed by atoms with E-state index >= 15 is 0 Å². The van der Waals surface area contributed by atoms with Crippen LogP contribution >= 0.6 is 0 Å². The van der Waals surface area contributed by atoms with Crippen LogP contribution in [0.1, 0.15) is 26.5 Å². The van der Waals surface area contributed by atoms with E-state index in [9.17, 15) is 0 Å². The molecule has 0 fully saturated rings. The summed E-state index contributed by atoms with van der Waals surface area (Å²) in [7, 11) is 1.82. The van der Waals surface area contributed by atoms with E-state index in [2.05, 4.69) is 41.4 Å². The van der Waals surface area contributed by atoms with Gasteiger partial charge in [0.2, 0.25) is 5.95 Å². The van der Waals surface area contributed by atoms with Gasteiger partial charge >= 0.3 is 0 Å². The smallest absolute Gasteiger partial charge is 0.224 e. The quantitative estimate of drug-likeness (QED) is 0.756. The third-order valence-corrected chi connectivity index (χ3v) is 1.58. The van der Waals surface area contributed by atoms with Gasteiger partial charge in [-0.3, -0.25) is 0 Å². The fourth-order valence-electron chi connectivity index (χ4n) is 1.13. The standard InChI is InChI=1S/C10H18N4/c1-7-6-8(14-10(2,3)4)13-9(11-5)12-7/h6H,1-5H3,(H2,11,12,13,14). The van der Waals surface area contributed by atoms with Crippen LogP contribution in [0.5, 0.6) is 0 Å². The maximum Gasteiger partial charge on any atom is 0.224 e. The predicted molar refractivity (Wildman–Crippen MR) is 59.7 cm³/mol. The minimum Gasteiger partial charge on any atom is -0.365 e. The molecule has 4 heteroatoms. The highest BCUT2D eigenvalue weighted by molar-refractivity contribution is 5.43. The summed E-state index contributed by atoms with van der Waals surface area (Å²) in [5.74, 6) is 1.51. The van der Waals surface area contributed by atoms with Gasteiger partial charge < -0.3 is 10.6 Å². The van der Waals surface area contributed by atoms with E-state index in [-0.39, 0.29) is 5.54 Å². The van der Waals surface area contributed by atoms with Crippen LogP contribution in [0.4, 0.5) is 11.8 Å². The molecule has 0 atom stereocenters. The Morgan fingerprint density at radius 3 is 2.36 bits per heavy atom. The molecule has 1 rings (SSSR count). The van der Waals surface area contributed by atoms with Crippen LogP contribution in [0.25, 0.3) is 0 Å². The largest absolute Gasteiger partial charge is 0.365 e. The van der Waals surface area contributed by atoms with Crippen molar-refractivity contribution in [2.75, 3.05) is 17.7 Å². The Balaban J connectivity index is 2.92. The van der Waals surface area contributed by atoms with Crippen molar-refractivity contribution in [2.24, 2.45) is 0 Å². The molecule has 0 saturated heterocycles. The van der Waals surface area contributed by atoms with E-state index < -0.39 is 0 Å². The number of nitrogens with one attached hydrogen (secondary N) is 2. The van der Waals surface area contributed by atoms with E-state index in [0.29, 0.717) is 5.95 Å². The molecule has 0 unspecified atom stereocenters. The SMILES string of the molecule is CNc1nc(C)cc(NC(C)(C)C)n1. The summed E-state index contributed by atoms with van der Waals surface area (Å²) in [4.78, 5) is 8.52. The molecule has 14 heavy (non-hydrogen) atoms. The first-order valence-corrected chi connectivity index (χ1v) is 4.72. The average Bonchev–Trinajstić information content (AvgIpc) is 1.99. The zero-order valence-electron chi connectivity index (χ0n) is 9.47. The Hall–Kier alpha value is -1.32. The predicted octanol–water partition coefficient (Wildman–Crippen LogP) is 2.04. The molecule has 1 heterocycles. The highest BCUT2D eigenvalue weighted by Crippen LogP contribution is 2.14. The summed E-state index contributed by atoms with van der Waals surface area (Å²) in [6, 6.07) is 1.94. The van der Waals surface area contributed by atoms with Crippen LogP contribution < -0.4 is 10.6 Å². The lowest BCUT2D eigenvalue weighted by molar-refractivity contribution is 0.630. The maximum absolute atomic E-state index is 4.30. The van der Waals surface area contributed by atoms with Gasteiger partial charge in [-0.1, -0.05) is 0 Å². The van der Waals surface area contributed by atoms with Gasteiger partial charge in [-0.2, -0.15) is 4.98 Å². The summed E-state index contributed by atoms with van der Waals surface area (Å²) in [5.41, 5.74) is 0.974. The molecule has 1 aromatic rings. The van der Waals surface area contributed by atoms with Gasteiger partial charge in [0, 0.05) is 24.3 Å². The topological polar surface area (TPSA) is 49.8 Å². The number of rotatable bonds is 2. The number of hydrogen-bond acceptors (Lipinski definition) is 4. The molecule has 0 amide bonds. The molecular weight excluding hydrogens is 176 g/mol. The summed E-state index contributed by atoms with van der Waals surface area (Å²) in [5, 5.41) is 6.24. The summed E-state index contributed by atoms with van der Waals surface area (Å²) in [6.07, 6.45) is 0. The van der Waals surface area contributed by atoms with Crippen molar-refractivity contribution in [3.05, 3.63) is 11.8 Å². The van der Waals surface area contributed by atoms with Gasteiger partial charge in [0.15, 0.2) is 0 Å². The first-order chi connectivity index (χ1) is 6.40. The highest BCUT2D eigenvalue weighted by atomic mass is 15.1. The Morgan fingerprint density at radius 2 is 1.86 bits per heavy atom. The second-order valence-electron chi connectivity index (χ2n) is 4.34. The van der Waals surface area contributed by atoms with Gasteiger partial charge in [0.25, 0.3) is 0 Å². The molecule has 0 aliphatic carbocycles. The molecule has 1 aromatic heterocycles. The van der Waals surface area contributed by atoms with Crippen LogP contribution in [-0.4, -0.2) is 22.6 Å². The molecule has 0 saturated carbocycles. The normalized spacial score (nSPS) is 11.2. The first kappa shape index (κ1) is 10.8. The van der Waals surface area contributed by atoms with Crippen LogP contribution in [0.3, 0.4) is 0 Å². The zero-order valence-corrected chi connectivity index (χ0v) is 9.47. The van der Waals surface area contributed by atoms with Gasteiger partial charge in [-0.15, -0.1) is 0 Å². The number of anilines is 2. The summed E-state index contributed by atoms with van der Waals surface area (Å²) in [6.45, 7) is 8.26. The highest BCUT2D eigenvalue weighted by Gasteiger charge is 2.10. The van der Waals surface area contributed by atoms with Crippen LogP contribution in [0.2, 0.25) is 0 Å². The lowest BCUT2D eigenvalue weighted by Gasteiger charge is -2.21. The Bertz CT molecular complexity index is 314. The molecular formula is C10H18N4. The fourth-order valence-corrected chi connectivity index (χ4v) is 1.13. The molecule has 0 aliphatic rings. The van der Waals surface area contributed by atoms with Crippen molar-refractivity contribution >= 4 is 11.8 Å². The van der Waals surface area contributed by atoms with E-state index in [4.69, 9.17) is 0 Å². The third kappa shape index (κ3) is 3.20. The second kappa shape index (κ2) is 3.82. The van der Waals surface area contributed by atoms with Crippen LogP contribution in [-0.2, 0) is 0 Å². The number of aryl methyl sites for hydroxylation is 1. The van der Waals surface area contributed by atoms with Crippen molar-refractivity contribution < 1.29 is 0 Å². The van der Waals surface area contributed by atoms with Gasteiger partial charge in [-0.05, 0) is 27.7 Å². The maximum atomic E-state index is 4.30. The van der Waals surface area contributed by atoms with Crippen molar-refractivity contribution in [2.45, 2.75) is 33.2 Å². The summed E-state index contributed by atoms with van der Waals surface area (Å²) < 4.78 is 0. The van der Waals surface area contributed by atoms with Crippen LogP contribution in [0, 0.1) is 6.92 Å². The zero-order chi connectivity index (χ0) is 10.8. The second-order valence-corrected chi connectivity index (χ2v) is 4.34. The van der Waals surface area contributed by atoms with Crippen molar-refractivity contribution in [1.82, 2.24) is 9.97 Å². The lowest BCUT2D eigenvalue weighted by Crippen LogP contribution is -2.27. The molecule has 0 radical (unpaired) electrons. The Kier molecular flexibility index (Phi) is 2.93. The molecule has 0 aliphatic heterocycles. The van der Waals surface area contributed by atoms with Crippen LogP contribution in [0.15, 0.2) is 6.07 Å². The number of nitrogens with zero attached hydrogens (tertiary/aromatic N) is 2. The molecule has 0 aromatic carbocycles. The minimum absolute atomic E-state index is 0.0196. The molecule has 78 valence electrons. The Morgan fingerprint density at radius 1 is 1.21 bits per heavy atom.